The molecule has 4 rings (SSSR count). The van der Waals surface area contributed by atoms with Gasteiger partial charge in [-0.3, -0.25) is 14.8 Å². The Hall–Kier alpha value is -3.20. The van der Waals surface area contributed by atoms with E-state index in [4.69, 9.17) is 0 Å². The normalized spacial score (nSPS) is 13.7. The number of sulfonamides is 1. The molecule has 0 unspecified atom stereocenters. The number of imidazole rings is 1. The van der Waals surface area contributed by atoms with E-state index in [9.17, 15) is 18.5 Å². The van der Waals surface area contributed by atoms with Crippen LogP contribution in [0.3, 0.4) is 0 Å². The van der Waals surface area contributed by atoms with Crippen molar-refractivity contribution in [2.24, 2.45) is 0 Å². The summed E-state index contributed by atoms with van der Waals surface area (Å²) >= 11 is 0. The van der Waals surface area contributed by atoms with Crippen molar-refractivity contribution in [1.29, 1.82) is 0 Å². The van der Waals surface area contributed by atoms with Gasteiger partial charge in [0.15, 0.2) is 4.90 Å². The van der Waals surface area contributed by atoms with Gasteiger partial charge in [0.05, 0.1) is 16.3 Å². The number of hydrogen-bond acceptors (Lipinski definition) is 5. The highest BCUT2D eigenvalue weighted by molar-refractivity contribution is 7.92. The van der Waals surface area contributed by atoms with Crippen LogP contribution in [-0.2, 0) is 23.0 Å². The van der Waals surface area contributed by atoms with E-state index in [0.717, 1.165) is 31.6 Å². The van der Waals surface area contributed by atoms with E-state index < -0.39 is 20.6 Å². The van der Waals surface area contributed by atoms with Crippen LogP contribution in [-0.4, -0.2) is 22.9 Å². The topological polar surface area (TPSA) is 107 Å². The first-order chi connectivity index (χ1) is 13.5. The van der Waals surface area contributed by atoms with Crippen molar-refractivity contribution in [3.63, 3.8) is 0 Å². The second kappa shape index (κ2) is 7.08. The summed E-state index contributed by atoms with van der Waals surface area (Å²) in [5.74, 6) is 0.984. The molecule has 1 aliphatic rings. The molecule has 1 aromatic heterocycles. The number of nitro groups is 1. The van der Waals surface area contributed by atoms with Gasteiger partial charge in [0, 0.05) is 30.8 Å². The molecule has 0 spiro atoms. The Morgan fingerprint density at radius 2 is 1.82 bits per heavy atom. The fourth-order valence-corrected chi connectivity index (χ4v) is 4.63. The molecule has 0 saturated heterocycles. The molecule has 0 radical (unpaired) electrons. The Morgan fingerprint density at radius 3 is 2.61 bits per heavy atom. The molecule has 0 atom stereocenters. The van der Waals surface area contributed by atoms with Crippen LogP contribution in [0.25, 0.3) is 11.3 Å². The lowest BCUT2D eigenvalue weighted by molar-refractivity contribution is -0.387. The first-order valence-corrected chi connectivity index (χ1v) is 10.4. The molecule has 28 heavy (non-hydrogen) atoms. The van der Waals surface area contributed by atoms with Crippen molar-refractivity contribution in [2.45, 2.75) is 30.7 Å². The molecule has 0 bridgehead atoms. The molecule has 0 amide bonds. The number of nitrogens with zero attached hydrogens (tertiary/aromatic N) is 3. The van der Waals surface area contributed by atoms with E-state index in [-0.39, 0.29) is 4.90 Å². The average Bonchev–Trinajstić information content (AvgIpc) is 3.12. The first kappa shape index (κ1) is 18.2. The van der Waals surface area contributed by atoms with Crippen LogP contribution in [0.1, 0.15) is 18.7 Å². The molecule has 2 heterocycles. The number of benzene rings is 2. The van der Waals surface area contributed by atoms with E-state index in [0.29, 0.717) is 16.9 Å². The minimum atomic E-state index is -4.15. The van der Waals surface area contributed by atoms with E-state index in [1.807, 2.05) is 6.20 Å². The molecule has 2 aromatic carbocycles. The smallest absolute Gasteiger partial charge is 0.289 e. The fraction of sp³-hybridized carbons (Fsp3) is 0.211. The van der Waals surface area contributed by atoms with Crippen LogP contribution in [0.4, 0.5) is 11.4 Å². The molecule has 0 saturated carbocycles. The number of aryl methyl sites for hydroxylation is 2. The Bertz CT molecular complexity index is 1130. The molecule has 0 aliphatic carbocycles. The highest BCUT2D eigenvalue weighted by Gasteiger charge is 2.26. The number of anilines is 1. The summed E-state index contributed by atoms with van der Waals surface area (Å²) in [6.07, 6.45) is 4.99. The third-order valence-electron chi connectivity index (χ3n) is 4.71. The van der Waals surface area contributed by atoms with Crippen molar-refractivity contribution in [2.75, 3.05) is 4.72 Å². The summed E-state index contributed by atoms with van der Waals surface area (Å²) in [4.78, 5) is 14.8. The van der Waals surface area contributed by atoms with Gasteiger partial charge in [-0.2, -0.15) is 0 Å². The second-order valence-corrected chi connectivity index (χ2v) is 8.22. The van der Waals surface area contributed by atoms with Gasteiger partial charge in [0.25, 0.3) is 15.7 Å². The number of para-hydroxylation sites is 2. The van der Waals surface area contributed by atoms with Crippen LogP contribution in [0.5, 0.6) is 0 Å². The van der Waals surface area contributed by atoms with Gasteiger partial charge in [-0.15, -0.1) is 0 Å². The van der Waals surface area contributed by atoms with Crippen LogP contribution in [0.15, 0.2) is 59.6 Å². The zero-order valence-electron chi connectivity index (χ0n) is 14.9. The van der Waals surface area contributed by atoms with Crippen LogP contribution >= 0.6 is 0 Å². The third kappa shape index (κ3) is 3.36. The van der Waals surface area contributed by atoms with Crippen molar-refractivity contribution in [3.8, 4) is 11.3 Å². The lowest BCUT2D eigenvalue weighted by Gasteiger charge is -2.12. The van der Waals surface area contributed by atoms with Gasteiger partial charge < -0.3 is 4.57 Å². The van der Waals surface area contributed by atoms with E-state index in [1.165, 1.54) is 24.3 Å². The second-order valence-electron chi connectivity index (χ2n) is 6.57. The maximum absolute atomic E-state index is 12.9. The largest absolute Gasteiger partial charge is 0.334 e. The number of nitro benzene ring substituents is 1. The lowest BCUT2D eigenvalue weighted by atomic mass is 10.1. The Kier molecular flexibility index (Phi) is 4.60. The van der Waals surface area contributed by atoms with Gasteiger partial charge in [-0.05, 0) is 25.0 Å². The predicted octanol–water partition coefficient (Wildman–Crippen LogP) is 3.60. The summed E-state index contributed by atoms with van der Waals surface area (Å²) in [6.45, 7) is 0.895. The molecule has 1 N–H and O–H groups in total. The zero-order valence-corrected chi connectivity index (χ0v) is 15.7. The first-order valence-electron chi connectivity index (χ1n) is 8.87. The average molecular weight is 398 g/mol. The minimum Gasteiger partial charge on any atom is -0.334 e. The number of rotatable bonds is 5. The van der Waals surface area contributed by atoms with Gasteiger partial charge in [0.1, 0.15) is 5.82 Å². The number of aromatic nitrogens is 2. The molecule has 8 nitrogen and oxygen atoms in total. The molecular formula is C19H18N4O4S. The van der Waals surface area contributed by atoms with Gasteiger partial charge in [0.2, 0.25) is 0 Å². The molecule has 0 fully saturated rings. The third-order valence-corrected chi connectivity index (χ3v) is 6.12. The van der Waals surface area contributed by atoms with Crippen molar-refractivity contribution in [1.82, 2.24) is 9.55 Å². The van der Waals surface area contributed by atoms with Gasteiger partial charge in [-0.25, -0.2) is 13.4 Å². The summed E-state index contributed by atoms with van der Waals surface area (Å²) in [5.41, 5.74) is 1.17. The standard InChI is InChI=1S/C19H18N4O4S/c24-23(25)17-9-3-4-10-18(17)28(26,27)21-15-8-2-1-7-14(15)16-13-22-12-6-5-11-19(22)20-16/h1-4,7-10,13,21H,5-6,11-12H2. The molecular weight excluding hydrogens is 380 g/mol. The summed E-state index contributed by atoms with van der Waals surface area (Å²) < 4.78 is 30.3. The van der Waals surface area contributed by atoms with E-state index in [1.54, 1.807) is 24.3 Å². The predicted molar refractivity (Wildman–Crippen MR) is 105 cm³/mol. The SMILES string of the molecule is O=[N+]([O-])c1ccccc1S(=O)(=O)Nc1ccccc1-c1cn2c(n1)CCCC2. The van der Waals surface area contributed by atoms with Crippen molar-refractivity contribution in [3.05, 3.63) is 70.7 Å². The van der Waals surface area contributed by atoms with E-state index >= 15 is 0 Å². The number of hydrogen-bond donors (Lipinski definition) is 1. The minimum absolute atomic E-state index is 0.330. The monoisotopic (exact) mass is 398 g/mol. The number of fused-ring (bicyclic) bond motifs is 1. The summed E-state index contributed by atoms with van der Waals surface area (Å²) in [5, 5.41) is 11.2. The summed E-state index contributed by atoms with van der Waals surface area (Å²) in [7, 11) is -4.15. The van der Waals surface area contributed by atoms with Gasteiger partial charge in [-0.1, -0.05) is 30.3 Å². The van der Waals surface area contributed by atoms with E-state index in [2.05, 4.69) is 14.3 Å². The molecule has 9 heteroatoms. The molecule has 1 aliphatic heterocycles. The lowest BCUT2D eigenvalue weighted by Crippen LogP contribution is -2.15. The highest BCUT2D eigenvalue weighted by atomic mass is 32.2. The Labute approximate surface area is 162 Å². The zero-order chi connectivity index (χ0) is 19.7. The van der Waals surface area contributed by atoms with Crippen LogP contribution in [0, 0.1) is 10.1 Å². The number of nitrogens with one attached hydrogen (secondary N) is 1. The van der Waals surface area contributed by atoms with Crippen molar-refractivity contribution >= 4 is 21.4 Å². The maximum Gasteiger partial charge on any atom is 0.289 e. The quantitative estimate of drug-likeness (QED) is 0.522. The summed E-state index contributed by atoms with van der Waals surface area (Å²) in [6, 6.07) is 12.2. The van der Waals surface area contributed by atoms with Gasteiger partial charge >= 0.3 is 0 Å². The Morgan fingerprint density at radius 1 is 1.07 bits per heavy atom. The molecule has 3 aromatic rings. The van der Waals surface area contributed by atoms with Crippen LogP contribution < -0.4 is 4.72 Å². The maximum atomic E-state index is 12.9. The molecule has 144 valence electrons. The Balaban J connectivity index is 1.74. The fourth-order valence-electron chi connectivity index (χ4n) is 3.37. The van der Waals surface area contributed by atoms with Crippen molar-refractivity contribution < 1.29 is 13.3 Å². The highest BCUT2D eigenvalue weighted by Crippen LogP contribution is 2.32. The van der Waals surface area contributed by atoms with Crippen LogP contribution in [0.2, 0.25) is 0 Å².